The Balaban J connectivity index is 1.89. The van der Waals surface area contributed by atoms with Crippen molar-refractivity contribution in [3.05, 3.63) is 72.3 Å². The van der Waals surface area contributed by atoms with Gasteiger partial charge in [-0.1, -0.05) is 36.4 Å². The summed E-state index contributed by atoms with van der Waals surface area (Å²) in [7, 11) is 1.64. The maximum absolute atomic E-state index is 5.88. The molecule has 0 bridgehead atoms. The average Bonchev–Trinajstić information content (AvgIpc) is 2.55. The van der Waals surface area contributed by atoms with Crippen LogP contribution in [0.15, 0.2) is 66.7 Å². The van der Waals surface area contributed by atoms with Crippen molar-refractivity contribution in [3.63, 3.8) is 0 Å². The molecule has 3 aromatic carbocycles. The van der Waals surface area contributed by atoms with Gasteiger partial charge in [-0.15, -0.1) is 0 Å². The molecule has 0 aliphatic rings. The lowest BCUT2D eigenvalue weighted by Crippen LogP contribution is -2.07. The maximum atomic E-state index is 5.88. The lowest BCUT2D eigenvalue weighted by atomic mass is 10.1. The minimum absolute atomic E-state index is 0.453. The highest BCUT2D eigenvalue weighted by molar-refractivity contribution is 7.80. The van der Waals surface area contributed by atoms with E-state index < -0.39 is 0 Å². The van der Waals surface area contributed by atoms with Gasteiger partial charge >= 0.3 is 0 Å². The van der Waals surface area contributed by atoms with E-state index in [0.29, 0.717) is 5.05 Å². The van der Waals surface area contributed by atoms with Gasteiger partial charge in [0.1, 0.15) is 11.5 Å². The first-order chi connectivity index (χ1) is 10.3. The first-order valence-electron chi connectivity index (χ1n) is 6.62. The van der Waals surface area contributed by atoms with Crippen LogP contribution in [0.1, 0.15) is 5.56 Å². The van der Waals surface area contributed by atoms with E-state index in [2.05, 4.69) is 12.1 Å². The summed E-state index contributed by atoms with van der Waals surface area (Å²) >= 11 is 5.38. The third kappa shape index (κ3) is 2.88. The van der Waals surface area contributed by atoms with E-state index in [4.69, 9.17) is 21.7 Å². The van der Waals surface area contributed by atoms with E-state index in [9.17, 15) is 0 Å². The summed E-state index contributed by atoms with van der Waals surface area (Å²) in [5, 5.41) is 2.64. The lowest BCUT2D eigenvalue weighted by Gasteiger charge is -2.10. The first kappa shape index (κ1) is 13.6. The normalized spacial score (nSPS) is 10.3. The van der Waals surface area contributed by atoms with Gasteiger partial charge in [-0.3, -0.25) is 0 Å². The largest absolute Gasteiger partial charge is 0.497 e. The zero-order chi connectivity index (χ0) is 14.7. The molecule has 3 heteroatoms. The van der Waals surface area contributed by atoms with Crippen LogP contribution in [0.5, 0.6) is 11.5 Å². The number of fused-ring (bicyclic) bond motifs is 1. The summed E-state index contributed by atoms with van der Waals surface area (Å²) in [4.78, 5) is 0. The third-order valence-electron chi connectivity index (χ3n) is 3.28. The predicted molar refractivity (Wildman–Crippen MR) is 89.3 cm³/mol. The van der Waals surface area contributed by atoms with Crippen molar-refractivity contribution in [2.75, 3.05) is 7.11 Å². The second-order valence-electron chi connectivity index (χ2n) is 4.60. The molecule has 104 valence electrons. The minimum Gasteiger partial charge on any atom is -0.497 e. The highest BCUT2D eigenvalue weighted by atomic mass is 32.1. The minimum atomic E-state index is 0.453. The predicted octanol–water partition coefficient (Wildman–Crippen LogP) is 4.60. The van der Waals surface area contributed by atoms with E-state index in [1.54, 1.807) is 7.11 Å². The van der Waals surface area contributed by atoms with Crippen LogP contribution in [0, 0.1) is 0 Å². The molecule has 0 atom stereocenters. The summed E-state index contributed by atoms with van der Waals surface area (Å²) in [6.45, 7) is 0. The average molecular weight is 294 g/mol. The molecule has 0 unspecified atom stereocenters. The van der Waals surface area contributed by atoms with Gasteiger partial charge in [0.15, 0.2) is 5.05 Å². The Hall–Kier alpha value is -2.39. The van der Waals surface area contributed by atoms with Gasteiger partial charge in [-0.05, 0) is 47.9 Å². The number of rotatable bonds is 3. The molecule has 0 aliphatic heterocycles. The van der Waals surface area contributed by atoms with Gasteiger partial charge in [-0.25, -0.2) is 0 Å². The van der Waals surface area contributed by atoms with Gasteiger partial charge in [0.2, 0.25) is 0 Å². The zero-order valence-corrected chi connectivity index (χ0v) is 12.4. The summed E-state index contributed by atoms with van der Waals surface area (Å²) in [5.74, 6) is 1.57. The fraction of sp³-hybridized carbons (Fsp3) is 0.0556. The standard InChI is InChI=1S/C18H14O2S/c1-19-15-11-9-14(10-12-15)18(21)20-17-8-4-6-13-5-2-3-7-16(13)17/h2-12H,1H3. The molecule has 0 amide bonds. The molecule has 0 saturated heterocycles. The Bertz CT molecular complexity index is 773. The summed E-state index contributed by atoms with van der Waals surface area (Å²) in [6, 6.07) is 21.6. The fourth-order valence-corrected chi connectivity index (χ4v) is 2.40. The van der Waals surface area contributed by atoms with Crippen molar-refractivity contribution in [3.8, 4) is 11.5 Å². The van der Waals surface area contributed by atoms with Crippen LogP contribution in [0.25, 0.3) is 10.8 Å². The quantitative estimate of drug-likeness (QED) is 0.658. The number of methoxy groups -OCH3 is 1. The lowest BCUT2D eigenvalue weighted by molar-refractivity contribution is 0.414. The van der Waals surface area contributed by atoms with E-state index >= 15 is 0 Å². The fourth-order valence-electron chi connectivity index (χ4n) is 2.17. The number of benzene rings is 3. The molecule has 3 rings (SSSR count). The molecule has 3 aromatic rings. The molecule has 0 radical (unpaired) electrons. The van der Waals surface area contributed by atoms with Crippen LogP contribution < -0.4 is 9.47 Å². The highest BCUT2D eigenvalue weighted by Gasteiger charge is 2.07. The summed E-state index contributed by atoms with van der Waals surface area (Å²) in [6.07, 6.45) is 0. The van der Waals surface area contributed by atoms with Gasteiger partial charge in [0, 0.05) is 10.9 Å². The molecular weight excluding hydrogens is 280 g/mol. The van der Waals surface area contributed by atoms with E-state index in [-0.39, 0.29) is 0 Å². The van der Waals surface area contributed by atoms with Crippen LogP contribution in [0.4, 0.5) is 0 Å². The van der Waals surface area contributed by atoms with Crippen LogP contribution >= 0.6 is 12.2 Å². The zero-order valence-electron chi connectivity index (χ0n) is 11.6. The van der Waals surface area contributed by atoms with Gasteiger partial charge in [-0.2, -0.15) is 0 Å². The van der Waals surface area contributed by atoms with E-state index in [1.165, 1.54) is 0 Å². The van der Waals surface area contributed by atoms with Crippen LogP contribution in [0.3, 0.4) is 0 Å². The van der Waals surface area contributed by atoms with Gasteiger partial charge < -0.3 is 9.47 Å². The van der Waals surface area contributed by atoms with Crippen molar-refractivity contribution in [2.24, 2.45) is 0 Å². The van der Waals surface area contributed by atoms with E-state index in [1.807, 2.05) is 54.6 Å². The Morgan fingerprint density at radius 2 is 1.57 bits per heavy atom. The van der Waals surface area contributed by atoms with Crippen LogP contribution in [0.2, 0.25) is 0 Å². The van der Waals surface area contributed by atoms with Crippen molar-refractivity contribution in [1.29, 1.82) is 0 Å². The molecule has 2 nitrogen and oxygen atoms in total. The van der Waals surface area contributed by atoms with E-state index in [0.717, 1.165) is 27.8 Å². The SMILES string of the molecule is COc1ccc(C(=S)Oc2cccc3ccccc23)cc1. The molecule has 21 heavy (non-hydrogen) atoms. The third-order valence-corrected chi connectivity index (χ3v) is 3.60. The van der Waals surface area contributed by atoms with Crippen LogP contribution in [-0.4, -0.2) is 12.2 Å². The molecule has 0 saturated carbocycles. The maximum Gasteiger partial charge on any atom is 0.198 e. The monoisotopic (exact) mass is 294 g/mol. The Morgan fingerprint density at radius 3 is 2.33 bits per heavy atom. The topological polar surface area (TPSA) is 18.5 Å². The molecule has 0 spiro atoms. The van der Waals surface area contributed by atoms with Crippen LogP contribution in [-0.2, 0) is 0 Å². The van der Waals surface area contributed by atoms with Crippen molar-refractivity contribution < 1.29 is 9.47 Å². The summed E-state index contributed by atoms with van der Waals surface area (Å²) in [5.41, 5.74) is 0.860. The smallest absolute Gasteiger partial charge is 0.198 e. The number of hydrogen-bond donors (Lipinski definition) is 0. The van der Waals surface area contributed by atoms with Crippen molar-refractivity contribution in [2.45, 2.75) is 0 Å². The Kier molecular flexibility index (Phi) is 3.84. The number of hydrogen-bond acceptors (Lipinski definition) is 3. The second kappa shape index (κ2) is 5.94. The van der Waals surface area contributed by atoms with Crippen molar-refractivity contribution >= 4 is 28.0 Å². The number of thiocarbonyl (C=S) groups is 1. The molecule has 0 fully saturated rings. The Morgan fingerprint density at radius 1 is 0.857 bits per heavy atom. The molecule has 0 heterocycles. The van der Waals surface area contributed by atoms with Gasteiger partial charge in [0.05, 0.1) is 7.11 Å². The Labute approximate surface area is 128 Å². The number of ether oxygens (including phenoxy) is 2. The second-order valence-corrected chi connectivity index (χ2v) is 4.97. The molecular formula is C18H14O2S. The first-order valence-corrected chi connectivity index (χ1v) is 7.03. The molecule has 0 N–H and O–H groups in total. The molecule has 0 aliphatic carbocycles. The summed E-state index contributed by atoms with van der Waals surface area (Å²) < 4.78 is 11.0. The highest BCUT2D eigenvalue weighted by Crippen LogP contribution is 2.26. The van der Waals surface area contributed by atoms with Gasteiger partial charge in [0.25, 0.3) is 0 Å². The van der Waals surface area contributed by atoms with Crippen molar-refractivity contribution in [1.82, 2.24) is 0 Å². The molecule has 0 aromatic heterocycles.